The first-order chi connectivity index (χ1) is 10.8. The molecule has 1 aromatic rings. The van der Waals surface area contributed by atoms with Crippen LogP contribution in [0.3, 0.4) is 0 Å². The van der Waals surface area contributed by atoms with Gasteiger partial charge in [0, 0.05) is 30.8 Å². The van der Waals surface area contributed by atoms with Gasteiger partial charge in [-0.1, -0.05) is 0 Å². The molecule has 2 amide bonds. The van der Waals surface area contributed by atoms with Crippen molar-refractivity contribution in [3.8, 4) is 0 Å². The number of ketones is 1. The van der Waals surface area contributed by atoms with Crippen molar-refractivity contribution in [3.05, 3.63) is 23.5 Å². The molecule has 9 heteroatoms. The summed E-state index contributed by atoms with van der Waals surface area (Å²) in [6.07, 6.45) is 1.93. The number of aromatic nitrogens is 1. The number of carbonyl (C=O) groups is 3. The smallest absolute Gasteiger partial charge is 0.267 e. The molecule has 1 saturated heterocycles. The number of H-pyrrole nitrogens is 1. The molecule has 1 atom stereocenters. The molecule has 3 N–H and O–H groups in total. The van der Waals surface area contributed by atoms with Crippen LogP contribution in [0, 0.1) is 0 Å². The maximum atomic E-state index is 11.8. The number of hydrogen-bond donors (Lipinski definition) is 3. The van der Waals surface area contributed by atoms with E-state index in [9.17, 15) is 22.8 Å². The van der Waals surface area contributed by atoms with E-state index in [1.165, 1.54) is 19.2 Å². The van der Waals surface area contributed by atoms with Crippen LogP contribution in [0.1, 0.15) is 40.6 Å². The minimum atomic E-state index is -3.03. The Balaban J connectivity index is 1.72. The molecule has 2 rings (SSSR count). The molecule has 0 aromatic carbocycles. The van der Waals surface area contributed by atoms with Crippen LogP contribution in [0.2, 0.25) is 0 Å². The molecule has 2 heterocycles. The first kappa shape index (κ1) is 17.2. The molecule has 0 bridgehead atoms. The normalized spacial score (nSPS) is 19.3. The number of amides is 2. The first-order valence-corrected chi connectivity index (χ1v) is 9.06. The second-order valence-corrected chi connectivity index (χ2v) is 7.76. The quantitative estimate of drug-likeness (QED) is 0.609. The van der Waals surface area contributed by atoms with E-state index in [0.717, 1.165) is 0 Å². The Morgan fingerprint density at radius 2 is 2.09 bits per heavy atom. The van der Waals surface area contributed by atoms with Gasteiger partial charge in [-0.15, -0.1) is 0 Å². The summed E-state index contributed by atoms with van der Waals surface area (Å²) in [4.78, 5) is 37.4. The van der Waals surface area contributed by atoms with Gasteiger partial charge in [-0.25, -0.2) is 8.42 Å². The van der Waals surface area contributed by atoms with Gasteiger partial charge in [0.25, 0.3) is 5.91 Å². The zero-order valence-corrected chi connectivity index (χ0v) is 13.5. The molecule has 1 aliphatic heterocycles. The van der Waals surface area contributed by atoms with Crippen LogP contribution < -0.4 is 10.6 Å². The van der Waals surface area contributed by atoms with E-state index < -0.39 is 15.7 Å². The zero-order chi connectivity index (χ0) is 17.0. The van der Waals surface area contributed by atoms with Gasteiger partial charge in [0.15, 0.2) is 15.6 Å². The van der Waals surface area contributed by atoms with E-state index in [0.29, 0.717) is 12.0 Å². The fourth-order valence-corrected chi connectivity index (χ4v) is 4.00. The molecule has 1 fully saturated rings. The lowest BCUT2D eigenvalue weighted by atomic mass is 10.2. The molecule has 0 radical (unpaired) electrons. The Kier molecular flexibility index (Phi) is 5.19. The number of Topliss-reactive ketones (excluding diaryl/α,β-unsaturated/α-hetero) is 1. The third kappa shape index (κ3) is 4.92. The van der Waals surface area contributed by atoms with E-state index in [4.69, 9.17) is 0 Å². The fraction of sp³-hybridized carbons (Fsp3) is 0.500. The lowest BCUT2D eigenvalue weighted by Gasteiger charge is -2.10. The number of aromatic amines is 1. The van der Waals surface area contributed by atoms with Gasteiger partial charge < -0.3 is 15.6 Å². The molecule has 0 aliphatic carbocycles. The van der Waals surface area contributed by atoms with E-state index in [1.54, 1.807) is 0 Å². The summed E-state index contributed by atoms with van der Waals surface area (Å²) in [5, 5.41) is 5.21. The van der Waals surface area contributed by atoms with Crippen molar-refractivity contribution in [2.75, 3.05) is 18.1 Å². The average Bonchev–Trinajstić information content (AvgIpc) is 3.05. The molecule has 1 aliphatic rings. The maximum Gasteiger partial charge on any atom is 0.267 e. The number of nitrogens with one attached hydrogen (secondary N) is 3. The van der Waals surface area contributed by atoms with Crippen LogP contribution in [0.5, 0.6) is 0 Å². The van der Waals surface area contributed by atoms with Crippen LogP contribution in [0.15, 0.2) is 12.3 Å². The topological polar surface area (TPSA) is 125 Å². The van der Waals surface area contributed by atoms with Crippen molar-refractivity contribution in [2.45, 2.75) is 25.8 Å². The van der Waals surface area contributed by atoms with Crippen LogP contribution in [0.25, 0.3) is 0 Å². The number of carbonyl (C=O) groups excluding carboxylic acids is 3. The van der Waals surface area contributed by atoms with Crippen molar-refractivity contribution in [3.63, 3.8) is 0 Å². The maximum absolute atomic E-state index is 11.8. The molecule has 0 saturated carbocycles. The van der Waals surface area contributed by atoms with Crippen molar-refractivity contribution in [1.29, 1.82) is 0 Å². The van der Waals surface area contributed by atoms with Gasteiger partial charge in [0.05, 0.1) is 11.5 Å². The highest BCUT2D eigenvalue weighted by Crippen LogP contribution is 2.11. The largest absolute Gasteiger partial charge is 0.356 e. The molecule has 0 spiro atoms. The number of hydrogen-bond acceptors (Lipinski definition) is 5. The standard InChI is InChI=1S/C14H19N3O5S/c1-9(18)10-6-12(16-7-10)14(20)15-4-2-13(19)17-11-3-5-23(21,22)8-11/h6-7,11,16H,2-5,8H2,1H3,(H,15,20)(H,17,19)/t11-/m1/s1. The van der Waals surface area contributed by atoms with Gasteiger partial charge in [0.2, 0.25) is 5.91 Å². The van der Waals surface area contributed by atoms with Crippen molar-refractivity contribution in [1.82, 2.24) is 15.6 Å². The molecule has 126 valence electrons. The van der Waals surface area contributed by atoms with Gasteiger partial charge in [0.1, 0.15) is 5.69 Å². The first-order valence-electron chi connectivity index (χ1n) is 7.24. The Morgan fingerprint density at radius 3 is 2.65 bits per heavy atom. The third-order valence-corrected chi connectivity index (χ3v) is 5.34. The van der Waals surface area contributed by atoms with Crippen LogP contribution in [-0.2, 0) is 14.6 Å². The summed E-state index contributed by atoms with van der Waals surface area (Å²) in [5.74, 6) is -0.787. The van der Waals surface area contributed by atoms with Crippen LogP contribution >= 0.6 is 0 Å². The van der Waals surface area contributed by atoms with Crippen LogP contribution in [0.4, 0.5) is 0 Å². The summed E-state index contributed by atoms with van der Waals surface area (Å²) in [7, 11) is -3.03. The monoisotopic (exact) mass is 341 g/mol. The van der Waals surface area contributed by atoms with E-state index in [1.807, 2.05) is 0 Å². The highest BCUT2D eigenvalue weighted by atomic mass is 32.2. The minimum absolute atomic E-state index is 0.0264. The van der Waals surface area contributed by atoms with Gasteiger partial charge in [-0.05, 0) is 19.4 Å². The van der Waals surface area contributed by atoms with Crippen LogP contribution in [-0.4, -0.2) is 55.1 Å². The third-order valence-electron chi connectivity index (χ3n) is 3.57. The molecular formula is C14H19N3O5S. The van der Waals surface area contributed by atoms with Crippen molar-refractivity contribution >= 4 is 27.4 Å². The highest BCUT2D eigenvalue weighted by Gasteiger charge is 2.28. The van der Waals surface area contributed by atoms with Gasteiger partial charge in [-0.3, -0.25) is 14.4 Å². The Morgan fingerprint density at radius 1 is 1.35 bits per heavy atom. The van der Waals surface area contributed by atoms with E-state index in [-0.39, 0.29) is 47.9 Å². The van der Waals surface area contributed by atoms with Crippen molar-refractivity contribution in [2.24, 2.45) is 0 Å². The molecular weight excluding hydrogens is 322 g/mol. The van der Waals surface area contributed by atoms with E-state index >= 15 is 0 Å². The second kappa shape index (κ2) is 6.95. The van der Waals surface area contributed by atoms with Crippen molar-refractivity contribution < 1.29 is 22.8 Å². The molecule has 0 unspecified atom stereocenters. The fourth-order valence-electron chi connectivity index (χ4n) is 2.32. The summed E-state index contributed by atoms with van der Waals surface area (Å²) in [6.45, 7) is 1.52. The second-order valence-electron chi connectivity index (χ2n) is 5.53. The average molecular weight is 341 g/mol. The zero-order valence-electron chi connectivity index (χ0n) is 12.7. The highest BCUT2D eigenvalue weighted by molar-refractivity contribution is 7.91. The number of rotatable bonds is 6. The molecule has 23 heavy (non-hydrogen) atoms. The summed E-state index contributed by atoms with van der Waals surface area (Å²) in [6, 6.07) is 1.10. The summed E-state index contributed by atoms with van der Waals surface area (Å²) < 4.78 is 22.6. The summed E-state index contributed by atoms with van der Waals surface area (Å²) in [5.41, 5.74) is 0.660. The summed E-state index contributed by atoms with van der Waals surface area (Å²) >= 11 is 0. The lowest BCUT2D eigenvalue weighted by molar-refractivity contribution is -0.121. The Labute approximate surface area is 133 Å². The Bertz CT molecular complexity index is 723. The Hall–Kier alpha value is -2.16. The van der Waals surface area contributed by atoms with E-state index in [2.05, 4.69) is 15.6 Å². The number of sulfone groups is 1. The predicted molar refractivity (Wildman–Crippen MR) is 82.9 cm³/mol. The molecule has 1 aromatic heterocycles. The molecule has 8 nitrogen and oxygen atoms in total. The predicted octanol–water partition coefficient (Wildman–Crippen LogP) is -0.359. The minimum Gasteiger partial charge on any atom is -0.356 e. The SMILES string of the molecule is CC(=O)c1c[nH]c(C(=O)NCCC(=O)N[C@@H]2CCS(=O)(=O)C2)c1. The lowest BCUT2D eigenvalue weighted by Crippen LogP contribution is -2.37. The van der Waals surface area contributed by atoms with Gasteiger partial charge in [-0.2, -0.15) is 0 Å². The van der Waals surface area contributed by atoms with Gasteiger partial charge >= 0.3 is 0 Å².